The van der Waals surface area contributed by atoms with E-state index < -0.39 is 11.7 Å². The molecule has 0 amide bonds. The van der Waals surface area contributed by atoms with E-state index in [0.717, 1.165) is 6.07 Å². The smallest absolute Gasteiger partial charge is 0.416 e. The van der Waals surface area contributed by atoms with Crippen molar-refractivity contribution in [2.45, 2.75) is 32.7 Å². The van der Waals surface area contributed by atoms with Crippen molar-refractivity contribution in [2.24, 2.45) is 10.7 Å². The summed E-state index contributed by atoms with van der Waals surface area (Å²) in [5, 5.41) is 2.82. The fraction of sp³-hybridized carbons (Fsp3) is 0.350. The first-order valence-corrected chi connectivity index (χ1v) is 8.79. The lowest BCUT2D eigenvalue weighted by Gasteiger charge is -2.16. The van der Waals surface area contributed by atoms with E-state index in [1.165, 1.54) is 26.4 Å². The number of nitrogens with two attached hydrogens (primary N) is 1. The topological polar surface area (TPSA) is 78.1 Å². The van der Waals surface area contributed by atoms with Crippen molar-refractivity contribution in [3.8, 4) is 17.2 Å². The van der Waals surface area contributed by atoms with E-state index in [9.17, 15) is 13.2 Å². The van der Waals surface area contributed by atoms with Crippen LogP contribution >= 0.6 is 0 Å². The summed E-state index contributed by atoms with van der Waals surface area (Å²) >= 11 is 0. The molecule has 0 spiro atoms. The second-order valence-electron chi connectivity index (χ2n) is 6.38. The van der Waals surface area contributed by atoms with Crippen LogP contribution in [0.1, 0.15) is 25.0 Å². The summed E-state index contributed by atoms with van der Waals surface area (Å²) in [6.45, 7) is 3.24. The highest BCUT2D eigenvalue weighted by Gasteiger charge is 2.33. The fourth-order valence-electron chi connectivity index (χ4n) is 2.57. The van der Waals surface area contributed by atoms with Crippen molar-refractivity contribution >= 4 is 11.6 Å². The van der Waals surface area contributed by atoms with Crippen molar-refractivity contribution in [1.82, 2.24) is 0 Å². The highest BCUT2D eigenvalue weighted by Crippen LogP contribution is 2.35. The van der Waals surface area contributed by atoms with Gasteiger partial charge < -0.3 is 25.3 Å². The number of benzene rings is 2. The number of rotatable bonds is 7. The van der Waals surface area contributed by atoms with E-state index in [1.807, 2.05) is 0 Å². The summed E-state index contributed by atoms with van der Waals surface area (Å²) in [6.07, 6.45) is -4.77. The van der Waals surface area contributed by atoms with Crippen LogP contribution in [0.3, 0.4) is 0 Å². The largest absolute Gasteiger partial charge is 0.493 e. The zero-order chi connectivity index (χ0) is 21.6. The Bertz CT molecular complexity index is 868. The number of guanidine groups is 1. The van der Waals surface area contributed by atoms with E-state index >= 15 is 0 Å². The van der Waals surface area contributed by atoms with E-state index in [-0.39, 0.29) is 29.9 Å². The summed E-state index contributed by atoms with van der Waals surface area (Å²) in [5.41, 5.74) is 5.57. The third-order valence-electron chi connectivity index (χ3n) is 3.83. The molecule has 0 aliphatic rings. The Hall–Kier alpha value is -3.10. The average Bonchev–Trinajstić information content (AvgIpc) is 2.65. The van der Waals surface area contributed by atoms with Crippen LogP contribution in [0.15, 0.2) is 41.4 Å². The van der Waals surface area contributed by atoms with E-state index in [4.69, 9.17) is 19.9 Å². The molecule has 158 valence electrons. The minimum atomic E-state index is -4.53. The molecule has 0 aliphatic carbocycles. The Morgan fingerprint density at radius 2 is 1.76 bits per heavy atom. The lowest BCUT2D eigenvalue weighted by Crippen LogP contribution is -2.23. The van der Waals surface area contributed by atoms with Gasteiger partial charge in [0.1, 0.15) is 5.75 Å². The minimum absolute atomic E-state index is 0.00864. The molecule has 0 radical (unpaired) electrons. The van der Waals surface area contributed by atoms with Crippen LogP contribution in [0.25, 0.3) is 0 Å². The zero-order valence-electron chi connectivity index (χ0n) is 16.6. The molecule has 0 aromatic heterocycles. The molecular formula is C20H24F3N3O3. The molecule has 2 rings (SSSR count). The van der Waals surface area contributed by atoms with Gasteiger partial charge in [0.15, 0.2) is 17.5 Å². The molecule has 0 unspecified atom stereocenters. The van der Waals surface area contributed by atoms with E-state index in [2.05, 4.69) is 10.3 Å². The van der Waals surface area contributed by atoms with Gasteiger partial charge in [-0.2, -0.15) is 13.2 Å². The molecule has 0 fully saturated rings. The van der Waals surface area contributed by atoms with Gasteiger partial charge in [0.05, 0.1) is 32.4 Å². The second-order valence-corrected chi connectivity index (χ2v) is 6.38. The Labute approximate surface area is 167 Å². The van der Waals surface area contributed by atoms with Gasteiger partial charge in [-0.25, -0.2) is 4.99 Å². The second kappa shape index (κ2) is 9.40. The maximum atomic E-state index is 13.4. The number of hydrogen-bond donors (Lipinski definition) is 2. The Balaban J connectivity index is 2.19. The van der Waals surface area contributed by atoms with Crippen molar-refractivity contribution in [1.29, 1.82) is 0 Å². The van der Waals surface area contributed by atoms with Crippen LogP contribution in [0.5, 0.6) is 17.2 Å². The first-order chi connectivity index (χ1) is 13.6. The number of methoxy groups -OCH3 is 2. The lowest BCUT2D eigenvalue weighted by atomic mass is 10.1. The Kier molecular flexibility index (Phi) is 7.19. The molecule has 0 saturated carbocycles. The maximum absolute atomic E-state index is 13.4. The maximum Gasteiger partial charge on any atom is 0.416 e. The number of anilines is 1. The minimum Gasteiger partial charge on any atom is -0.493 e. The predicted molar refractivity (Wildman–Crippen MR) is 106 cm³/mol. The van der Waals surface area contributed by atoms with E-state index in [0.29, 0.717) is 17.2 Å². The number of halogens is 3. The van der Waals surface area contributed by atoms with Crippen LogP contribution in [0.2, 0.25) is 0 Å². The molecule has 0 heterocycles. The highest BCUT2D eigenvalue weighted by atomic mass is 19.4. The van der Waals surface area contributed by atoms with Gasteiger partial charge in [0.25, 0.3) is 0 Å². The lowest BCUT2D eigenvalue weighted by molar-refractivity contribution is -0.138. The third kappa shape index (κ3) is 6.20. The average molecular weight is 411 g/mol. The van der Waals surface area contributed by atoms with Crippen molar-refractivity contribution in [2.75, 3.05) is 19.5 Å². The summed E-state index contributed by atoms with van der Waals surface area (Å²) < 4.78 is 55.9. The number of alkyl halides is 3. The van der Waals surface area contributed by atoms with Crippen LogP contribution in [0, 0.1) is 0 Å². The molecular weight excluding hydrogens is 387 g/mol. The number of aliphatic imine (C=N–C) groups is 1. The molecule has 2 aromatic carbocycles. The highest BCUT2D eigenvalue weighted by molar-refractivity contribution is 5.92. The van der Waals surface area contributed by atoms with Crippen molar-refractivity contribution in [3.63, 3.8) is 0 Å². The molecule has 29 heavy (non-hydrogen) atoms. The third-order valence-corrected chi connectivity index (χ3v) is 3.83. The first-order valence-electron chi connectivity index (χ1n) is 8.79. The van der Waals surface area contributed by atoms with Gasteiger partial charge >= 0.3 is 6.18 Å². The van der Waals surface area contributed by atoms with E-state index in [1.54, 1.807) is 32.0 Å². The van der Waals surface area contributed by atoms with Gasteiger partial charge in [0, 0.05) is 11.8 Å². The standard InChI is InChI=1S/C20H24F3N3O3/c1-12(2)29-15-7-5-13(16(10-15)20(21,22)23)11-25-19(24)26-14-6-8-17(27-3)18(9-14)28-4/h5-10,12H,11H2,1-4H3,(H3,24,25,26). The number of ether oxygens (including phenoxy) is 3. The summed E-state index contributed by atoms with van der Waals surface area (Å²) in [6, 6.07) is 8.79. The van der Waals surface area contributed by atoms with Crippen LogP contribution in [-0.4, -0.2) is 26.3 Å². The summed E-state index contributed by atoms with van der Waals surface area (Å²) in [7, 11) is 3.00. The molecule has 6 nitrogen and oxygen atoms in total. The molecule has 9 heteroatoms. The van der Waals surface area contributed by atoms with Crippen LogP contribution < -0.4 is 25.3 Å². The Morgan fingerprint density at radius 3 is 2.34 bits per heavy atom. The number of nitrogens with one attached hydrogen (secondary N) is 1. The summed E-state index contributed by atoms with van der Waals surface area (Å²) in [4.78, 5) is 4.02. The number of nitrogens with zero attached hydrogens (tertiary/aromatic N) is 1. The fourth-order valence-corrected chi connectivity index (χ4v) is 2.57. The van der Waals surface area contributed by atoms with Gasteiger partial charge in [0.2, 0.25) is 0 Å². The van der Waals surface area contributed by atoms with Gasteiger partial charge in [-0.3, -0.25) is 0 Å². The van der Waals surface area contributed by atoms with Gasteiger partial charge in [-0.15, -0.1) is 0 Å². The SMILES string of the molecule is COc1ccc(NC(N)=NCc2ccc(OC(C)C)cc2C(F)(F)F)cc1OC. The number of hydrogen-bond acceptors (Lipinski definition) is 4. The first kappa shape index (κ1) is 22.2. The quantitative estimate of drug-likeness (QED) is 0.520. The molecule has 3 N–H and O–H groups in total. The summed E-state index contributed by atoms with van der Waals surface area (Å²) in [5.74, 6) is 1.13. The van der Waals surface area contributed by atoms with Gasteiger partial charge in [-0.05, 0) is 43.7 Å². The molecule has 0 aliphatic heterocycles. The predicted octanol–water partition coefficient (Wildman–Crippen LogP) is 4.44. The molecule has 0 atom stereocenters. The van der Waals surface area contributed by atoms with Crippen LogP contribution in [-0.2, 0) is 12.7 Å². The zero-order valence-corrected chi connectivity index (χ0v) is 16.6. The molecule has 0 saturated heterocycles. The molecule has 2 aromatic rings. The van der Waals surface area contributed by atoms with Crippen molar-refractivity contribution < 1.29 is 27.4 Å². The van der Waals surface area contributed by atoms with Crippen LogP contribution in [0.4, 0.5) is 18.9 Å². The molecule has 0 bridgehead atoms. The van der Waals surface area contributed by atoms with Crippen molar-refractivity contribution in [3.05, 3.63) is 47.5 Å². The Morgan fingerprint density at radius 1 is 1.07 bits per heavy atom. The van der Waals surface area contributed by atoms with Gasteiger partial charge in [-0.1, -0.05) is 6.07 Å². The monoisotopic (exact) mass is 411 g/mol. The normalized spacial score (nSPS) is 12.1.